The van der Waals surface area contributed by atoms with Crippen molar-refractivity contribution in [2.45, 2.75) is 6.92 Å². The van der Waals surface area contributed by atoms with Gasteiger partial charge in [-0.05, 0) is 12.0 Å². The van der Waals surface area contributed by atoms with Crippen molar-refractivity contribution in [1.82, 2.24) is 5.43 Å². The monoisotopic (exact) mass is 151 g/mol. The lowest BCUT2D eigenvalue weighted by molar-refractivity contribution is 0.846. The summed E-state index contributed by atoms with van der Waals surface area (Å²) in [5.74, 6) is 5.63. The zero-order valence-electron chi connectivity index (χ0n) is 6.54. The molecule has 0 saturated heterocycles. The van der Waals surface area contributed by atoms with E-state index in [2.05, 4.69) is 18.4 Å². The average molecular weight is 151 g/mol. The van der Waals surface area contributed by atoms with Gasteiger partial charge in [0.25, 0.3) is 0 Å². The zero-order valence-corrected chi connectivity index (χ0v) is 6.54. The molecule has 0 heterocycles. The van der Waals surface area contributed by atoms with Crippen molar-refractivity contribution >= 4 is 0 Å². The third-order valence-electron chi connectivity index (χ3n) is 1.59. The van der Waals surface area contributed by atoms with Crippen molar-refractivity contribution in [3.05, 3.63) is 35.7 Å². The maximum Gasteiger partial charge on any atom is 0.0681 e. The van der Waals surface area contributed by atoms with Crippen LogP contribution in [0.2, 0.25) is 0 Å². The Morgan fingerprint density at radius 3 is 2.91 bits per heavy atom. The molecule has 0 spiro atoms. The number of rotatable bonds is 1. The predicted molar refractivity (Wildman–Crippen MR) is 46.0 cm³/mol. The third kappa shape index (κ3) is 1.85. The largest absolute Gasteiger partial charge is 0.397 e. The highest BCUT2D eigenvalue weighted by atomic mass is 15.2. The van der Waals surface area contributed by atoms with Crippen molar-refractivity contribution < 1.29 is 0 Å². The predicted octanol–water partition coefficient (Wildman–Crippen LogP) is 0.382. The summed E-state index contributed by atoms with van der Waals surface area (Å²) in [6, 6.07) is 0. The molecule has 3 nitrogen and oxygen atoms in total. The van der Waals surface area contributed by atoms with Crippen LogP contribution >= 0.6 is 0 Å². The number of nitrogens with one attached hydrogen (secondary N) is 1. The van der Waals surface area contributed by atoms with Gasteiger partial charge >= 0.3 is 0 Å². The third-order valence-corrected chi connectivity index (χ3v) is 1.59. The Labute approximate surface area is 66.4 Å². The second-order valence-electron chi connectivity index (χ2n) is 2.59. The molecule has 1 aliphatic carbocycles. The fraction of sp³-hybridized carbons (Fsp3) is 0.250. The summed E-state index contributed by atoms with van der Waals surface area (Å²) in [6.07, 6.45) is 7.79. The van der Waals surface area contributed by atoms with Crippen molar-refractivity contribution in [2.75, 3.05) is 0 Å². The average Bonchev–Trinajstić information content (AvgIpc) is 2.13. The minimum atomic E-state index is 0.373. The van der Waals surface area contributed by atoms with E-state index in [1.165, 1.54) is 0 Å². The lowest BCUT2D eigenvalue weighted by Gasteiger charge is -2.05. The van der Waals surface area contributed by atoms with Crippen molar-refractivity contribution in [3.8, 4) is 0 Å². The van der Waals surface area contributed by atoms with Gasteiger partial charge < -0.3 is 11.2 Å². The fourth-order valence-corrected chi connectivity index (χ4v) is 0.970. The maximum atomic E-state index is 5.65. The van der Waals surface area contributed by atoms with Crippen molar-refractivity contribution in [3.63, 3.8) is 0 Å². The normalized spacial score (nSPS) is 23.6. The Morgan fingerprint density at radius 2 is 2.27 bits per heavy atom. The van der Waals surface area contributed by atoms with Crippen LogP contribution in [0.4, 0.5) is 0 Å². The minimum Gasteiger partial charge on any atom is -0.397 e. The summed E-state index contributed by atoms with van der Waals surface area (Å²) in [5.41, 5.74) is 9.67. The van der Waals surface area contributed by atoms with E-state index in [-0.39, 0.29) is 0 Å². The van der Waals surface area contributed by atoms with Crippen molar-refractivity contribution in [2.24, 2.45) is 17.5 Å². The Hall–Kier alpha value is -1.22. The number of allylic oxidation sites excluding steroid dienone is 4. The Bertz CT molecular complexity index is 225. The van der Waals surface area contributed by atoms with E-state index in [1.807, 2.05) is 18.2 Å². The molecule has 0 aromatic rings. The van der Waals surface area contributed by atoms with Gasteiger partial charge in [-0.3, -0.25) is 5.84 Å². The molecule has 1 atom stereocenters. The van der Waals surface area contributed by atoms with Gasteiger partial charge in [-0.2, -0.15) is 0 Å². The van der Waals surface area contributed by atoms with E-state index in [9.17, 15) is 0 Å². The molecule has 11 heavy (non-hydrogen) atoms. The van der Waals surface area contributed by atoms with Crippen molar-refractivity contribution in [1.29, 1.82) is 0 Å². The minimum absolute atomic E-state index is 0.373. The molecular weight excluding hydrogens is 138 g/mol. The molecule has 0 bridgehead atoms. The molecule has 5 N–H and O–H groups in total. The molecule has 1 unspecified atom stereocenters. The van der Waals surface area contributed by atoms with E-state index in [1.54, 1.807) is 0 Å². The van der Waals surface area contributed by atoms with Gasteiger partial charge in [0.15, 0.2) is 0 Å². The van der Waals surface area contributed by atoms with E-state index < -0.39 is 0 Å². The van der Waals surface area contributed by atoms with Crippen LogP contribution in [0.5, 0.6) is 0 Å². The highest BCUT2D eigenvalue weighted by Crippen LogP contribution is 2.10. The SMILES string of the molecule is CC1C=CC=C(N)C(NN)=C1. The molecule has 0 aliphatic heterocycles. The van der Waals surface area contributed by atoms with Gasteiger partial charge in [-0.25, -0.2) is 0 Å². The topological polar surface area (TPSA) is 64.1 Å². The van der Waals surface area contributed by atoms with Crippen LogP contribution in [0.25, 0.3) is 0 Å². The quantitative estimate of drug-likeness (QED) is 0.375. The molecule has 0 fully saturated rings. The van der Waals surface area contributed by atoms with Gasteiger partial charge in [0, 0.05) is 0 Å². The van der Waals surface area contributed by atoms with Gasteiger partial charge in [0.1, 0.15) is 0 Å². The molecule has 0 amide bonds. The number of nitrogens with two attached hydrogens (primary N) is 2. The van der Waals surface area contributed by atoms with Gasteiger partial charge in [0.05, 0.1) is 11.4 Å². The number of hydrazine groups is 1. The summed E-state index contributed by atoms with van der Waals surface area (Å²) in [5, 5.41) is 0. The molecule has 60 valence electrons. The van der Waals surface area contributed by atoms with Crippen LogP contribution in [0.3, 0.4) is 0 Å². The van der Waals surface area contributed by atoms with Crippen LogP contribution in [0.15, 0.2) is 35.7 Å². The zero-order chi connectivity index (χ0) is 8.27. The van der Waals surface area contributed by atoms with Crippen LogP contribution < -0.4 is 17.0 Å². The second kappa shape index (κ2) is 3.25. The van der Waals surface area contributed by atoms with Crippen LogP contribution in [0, 0.1) is 5.92 Å². The van der Waals surface area contributed by atoms with E-state index in [0.29, 0.717) is 11.6 Å². The van der Waals surface area contributed by atoms with Crippen LogP contribution in [-0.4, -0.2) is 0 Å². The Kier molecular flexibility index (Phi) is 2.33. The van der Waals surface area contributed by atoms with Gasteiger partial charge in [-0.15, -0.1) is 0 Å². The van der Waals surface area contributed by atoms with Crippen LogP contribution in [0.1, 0.15) is 6.92 Å². The molecule has 0 radical (unpaired) electrons. The first kappa shape index (κ1) is 7.88. The number of hydrogen-bond donors (Lipinski definition) is 3. The van der Waals surface area contributed by atoms with E-state index in [0.717, 1.165) is 5.70 Å². The molecule has 1 aliphatic rings. The molecule has 1 rings (SSSR count). The molecule has 3 heteroatoms. The first-order valence-electron chi connectivity index (χ1n) is 3.57. The smallest absolute Gasteiger partial charge is 0.0681 e. The molecule has 0 saturated carbocycles. The second-order valence-corrected chi connectivity index (χ2v) is 2.59. The Morgan fingerprint density at radius 1 is 1.55 bits per heavy atom. The van der Waals surface area contributed by atoms with Crippen LogP contribution in [-0.2, 0) is 0 Å². The first-order chi connectivity index (χ1) is 5.24. The van der Waals surface area contributed by atoms with E-state index in [4.69, 9.17) is 11.6 Å². The molecular formula is C8H13N3. The molecule has 0 aromatic carbocycles. The fourth-order valence-electron chi connectivity index (χ4n) is 0.970. The lowest BCUT2D eigenvalue weighted by Crippen LogP contribution is -2.25. The summed E-state index contributed by atoms with van der Waals surface area (Å²) in [6.45, 7) is 2.07. The maximum absolute atomic E-state index is 5.65. The standard InChI is InChI=1S/C8H13N3/c1-6-3-2-4-7(9)8(5-6)11-10/h2-6,11H,9-10H2,1H3. The molecule has 0 aromatic heterocycles. The summed E-state index contributed by atoms with van der Waals surface area (Å²) >= 11 is 0. The summed E-state index contributed by atoms with van der Waals surface area (Å²) in [4.78, 5) is 0. The highest BCUT2D eigenvalue weighted by Gasteiger charge is 2.02. The summed E-state index contributed by atoms with van der Waals surface area (Å²) in [7, 11) is 0. The Balaban J connectivity index is 2.89. The first-order valence-corrected chi connectivity index (χ1v) is 3.57. The lowest BCUT2D eigenvalue weighted by atomic mass is 10.1. The summed E-state index contributed by atoms with van der Waals surface area (Å²) < 4.78 is 0. The number of hydrogen-bond acceptors (Lipinski definition) is 3. The van der Waals surface area contributed by atoms with Gasteiger partial charge in [0.2, 0.25) is 0 Å². The van der Waals surface area contributed by atoms with Gasteiger partial charge in [-0.1, -0.05) is 25.2 Å². The van der Waals surface area contributed by atoms with E-state index >= 15 is 0 Å². The highest BCUT2D eigenvalue weighted by molar-refractivity contribution is 5.33.